The molecule has 0 aliphatic carbocycles. The first-order valence-corrected chi connectivity index (χ1v) is 11.6. The Morgan fingerprint density at radius 3 is 2.44 bits per heavy atom. The zero-order chi connectivity index (χ0) is 22.9. The number of urea groups is 1. The van der Waals surface area contributed by atoms with Gasteiger partial charge in [-0.1, -0.05) is 37.3 Å². The zero-order valence-electron chi connectivity index (χ0n) is 18.9. The van der Waals surface area contributed by atoms with Crippen LogP contribution in [0.4, 0.5) is 4.79 Å². The molecular weight excluding hydrogens is 408 g/mol. The minimum Gasteiger partial charge on any atom is -0.343 e. The van der Waals surface area contributed by atoms with Crippen molar-refractivity contribution < 1.29 is 19.2 Å². The molecule has 1 aromatic rings. The molecule has 4 rings (SSSR count). The summed E-state index contributed by atoms with van der Waals surface area (Å²) in [6.07, 6.45) is 2.74. The van der Waals surface area contributed by atoms with Crippen molar-refractivity contribution in [2.75, 3.05) is 26.2 Å². The van der Waals surface area contributed by atoms with Crippen LogP contribution in [-0.2, 0) is 14.4 Å². The molecule has 0 saturated carbocycles. The Morgan fingerprint density at radius 1 is 1.09 bits per heavy atom. The lowest BCUT2D eigenvalue weighted by molar-refractivity contribution is -0.141. The molecule has 3 saturated heterocycles. The Labute approximate surface area is 188 Å². The summed E-state index contributed by atoms with van der Waals surface area (Å²) in [6, 6.07) is 8.96. The summed E-state index contributed by atoms with van der Waals surface area (Å²) < 4.78 is 0. The fourth-order valence-electron chi connectivity index (χ4n) is 5.20. The summed E-state index contributed by atoms with van der Waals surface area (Å²) in [7, 11) is 0. The minimum absolute atomic E-state index is 0.0223. The summed E-state index contributed by atoms with van der Waals surface area (Å²) in [5.74, 6) is -0.386. The van der Waals surface area contributed by atoms with Crippen LogP contribution in [0.25, 0.3) is 0 Å². The minimum atomic E-state index is -0.925. The number of carbonyl (C=O) groups is 4. The van der Waals surface area contributed by atoms with E-state index < -0.39 is 5.54 Å². The third-order valence-corrected chi connectivity index (χ3v) is 7.21. The molecule has 1 aromatic carbocycles. The number of amides is 5. The molecule has 2 atom stereocenters. The van der Waals surface area contributed by atoms with Gasteiger partial charge in [0.15, 0.2) is 0 Å². The van der Waals surface area contributed by atoms with Gasteiger partial charge in [-0.3, -0.25) is 19.3 Å². The van der Waals surface area contributed by atoms with E-state index in [1.165, 1.54) is 4.90 Å². The summed E-state index contributed by atoms with van der Waals surface area (Å²) in [5.41, 5.74) is 0.0348. The maximum atomic E-state index is 13.4. The lowest BCUT2D eigenvalue weighted by Crippen LogP contribution is -2.57. The highest BCUT2D eigenvalue weighted by Crippen LogP contribution is 2.33. The second-order valence-corrected chi connectivity index (χ2v) is 9.13. The largest absolute Gasteiger partial charge is 0.343 e. The van der Waals surface area contributed by atoms with Crippen LogP contribution < -0.4 is 5.32 Å². The van der Waals surface area contributed by atoms with E-state index in [0.29, 0.717) is 51.9 Å². The van der Waals surface area contributed by atoms with Crippen LogP contribution in [0.5, 0.6) is 0 Å². The Balaban J connectivity index is 1.43. The Hall–Kier alpha value is -2.90. The van der Waals surface area contributed by atoms with Crippen molar-refractivity contribution in [1.82, 2.24) is 20.0 Å². The molecule has 3 fully saturated rings. The van der Waals surface area contributed by atoms with Crippen molar-refractivity contribution in [3.63, 3.8) is 0 Å². The van der Waals surface area contributed by atoms with E-state index in [1.807, 2.05) is 44.2 Å². The molecular formula is C24H32N4O4. The van der Waals surface area contributed by atoms with E-state index in [-0.39, 0.29) is 35.7 Å². The highest BCUT2D eigenvalue weighted by Gasteiger charge is 2.54. The van der Waals surface area contributed by atoms with Gasteiger partial charge in [-0.25, -0.2) is 4.79 Å². The van der Waals surface area contributed by atoms with E-state index in [0.717, 1.165) is 12.0 Å². The summed E-state index contributed by atoms with van der Waals surface area (Å²) in [4.78, 5) is 56.3. The second kappa shape index (κ2) is 8.92. The van der Waals surface area contributed by atoms with Crippen LogP contribution in [0.1, 0.15) is 57.4 Å². The van der Waals surface area contributed by atoms with Crippen LogP contribution in [-0.4, -0.2) is 76.2 Å². The number of likely N-dealkylation sites (tertiary alicyclic amines) is 2. The van der Waals surface area contributed by atoms with Crippen LogP contribution in [0.3, 0.4) is 0 Å². The van der Waals surface area contributed by atoms with E-state index in [9.17, 15) is 19.2 Å². The van der Waals surface area contributed by atoms with Gasteiger partial charge in [-0.05, 0) is 38.2 Å². The molecule has 0 bridgehead atoms. The van der Waals surface area contributed by atoms with Crippen molar-refractivity contribution >= 4 is 23.8 Å². The Morgan fingerprint density at radius 2 is 1.78 bits per heavy atom. The molecule has 1 N–H and O–H groups in total. The number of hydrogen-bond acceptors (Lipinski definition) is 4. The number of nitrogens with one attached hydrogen (secondary N) is 1. The molecule has 3 aliphatic heterocycles. The molecule has 1 spiro atoms. The van der Waals surface area contributed by atoms with Crippen LogP contribution >= 0.6 is 0 Å². The average molecular weight is 441 g/mol. The molecule has 3 aliphatic rings. The first kappa shape index (κ1) is 22.3. The fourth-order valence-corrected chi connectivity index (χ4v) is 5.20. The number of rotatable bonds is 4. The molecule has 5 amide bonds. The molecule has 0 radical (unpaired) electrons. The van der Waals surface area contributed by atoms with E-state index in [4.69, 9.17) is 0 Å². The highest BCUT2D eigenvalue weighted by molar-refractivity contribution is 6.07. The standard InChI is InChI=1S/C24H32N4O4/c1-3-20(29)26-14-11-24(12-15-26)22(31)28(23(32)25-24)19-10-7-13-27(16-19)21(30)17(2)18-8-5-4-6-9-18/h4-6,8-9,17,19H,3,7,10-16H2,1-2H3,(H,25,32)/t17-,19-/m1/s1. The predicted molar refractivity (Wildman–Crippen MR) is 119 cm³/mol. The monoisotopic (exact) mass is 440 g/mol. The first-order valence-electron chi connectivity index (χ1n) is 11.6. The number of carbonyl (C=O) groups excluding carboxylic acids is 4. The Bertz CT molecular complexity index is 895. The number of imide groups is 1. The topological polar surface area (TPSA) is 90.0 Å². The second-order valence-electron chi connectivity index (χ2n) is 9.13. The molecule has 3 heterocycles. The predicted octanol–water partition coefficient (Wildman–Crippen LogP) is 2.10. The van der Waals surface area contributed by atoms with Gasteiger partial charge in [0.1, 0.15) is 5.54 Å². The van der Waals surface area contributed by atoms with Crippen molar-refractivity contribution in [2.24, 2.45) is 0 Å². The van der Waals surface area contributed by atoms with Gasteiger partial charge >= 0.3 is 6.03 Å². The third kappa shape index (κ3) is 3.98. The summed E-state index contributed by atoms with van der Waals surface area (Å²) in [6.45, 7) is 5.66. The normalized spacial score (nSPS) is 23.9. The maximum absolute atomic E-state index is 13.4. The Kier molecular flexibility index (Phi) is 6.22. The van der Waals surface area contributed by atoms with E-state index in [1.54, 1.807) is 9.80 Å². The van der Waals surface area contributed by atoms with Gasteiger partial charge in [0.25, 0.3) is 5.91 Å². The SMILES string of the molecule is CCC(=O)N1CCC2(CC1)NC(=O)N([C@@H]1CCCN(C(=O)[C@H](C)c3ccccc3)C1)C2=O. The van der Waals surface area contributed by atoms with Crippen molar-refractivity contribution in [3.05, 3.63) is 35.9 Å². The van der Waals surface area contributed by atoms with E-state index in [2.05, 4.69) is 5.32 Å². The van der Waals surface area contributed by atoms with Crippen LogP contribution in [0, 0.1) is 0 Å². The van der Waals surface area contributed by atoms with Crippen molar-refractivity contribution in [1.29, 1.82) is 0 Å². The molecule has 172 valence electrons. The summed E-state index contributed by atoms with van der Waals surface area (Å²) >= 11 is 0. The van der Waals surface area contributed by atoms with Crippen molar-refractivity contribution in [2.45, 2.75) is 63.5 Å². The van der Waals surface area contributed by atoms with Crippen molar-refractivity contribution in [3.8, 4) is 0 Å². The maximum Gasteiger partial charge on any atom is 0.325 e. The molecule has 0 aromatic heterocycles. The van der Waals surface area contributed by atoms with Gasteiger partial charge in [-0.2, -0.15) is 0 Å². The third-order valence-electron chi connectivity index (χ3n) is 7.21. The number of hydrogen-bond donors (Lipinski definition) is 1. The molecule has 32 heavy (non-hydrogen) atoms. The van der Waals surface area contributed by atoms with Gasteiger partial charge in [0.05, 0.1) is 12.0 Å². The quantitative estimate of drug-likeness (QED) is 0.726. The first-order chi connectivity index (χ1) is 15.4. The zero-order valence-corrected chi connectivity index (χ0v) is 18.9. The van der Waals surface area contributed by atoms with Crippen LogP contribution in [0.15, 0.2) is 30.3 Å². The summed E-state index contributed by atoms with van der Waals surface area (Å²) in [5, 5.41) is 2.93. The van der Waals surface area contributed by atoms with Crippen LogP contribution in [0.2, 0.25) is 0 Å². The number of piperidine rings is 2. The highest BCUT2D eigenvalue weighted by atomic mass is 16.2. The lowest BCUT2D eigenvalue weighted by Gasteiger charge is -2.39. The van der Waals surface area contributed by atoms with E-state index >= 15 is 0 Å². The molecule has 0 unspecified atom stereocenters. The van der Waals surface area contributed by atoms with Gasteiger partial charge in [0.2, 0.25) is 11.8 Å². The smallest absolute Gasteiger partial charge is 0.325 e. The van der Waals surface area contributed by atoms with Gasteiger partial charge < -0.3 is 15.1 Å². The molecule has 8 nitrogen and oxygen atoms in total. The average Bonchev–Trinajstić information content (AvgIpc) is 3.07. The van der Waals surface area contributed by atoms with Gasteiger partial charge in [-0.15, -0.1) is 0 Å². The fraction of sp³-hybridized carbons (Fsp3) is 0.583. The van der Waals surface area contributed by atoms with Gasteiger partial charge in [0, 0.05) is 32.6 Å². The lowest BCUT2D eigenvalue weighted by atomic mass is 9.87. The number of nitrogens with zero attached hydrogens (tertiary/aromatic N) is 3. The number of benzene rings is 1. The molecule has 8 heteroatoms.